The number of ether oxygens (including phenoxy) is 1. The van der Waals surface area contributed by atoms with Crippen molar-refractivity contribution in [1.82, 2.24) is 4.98 Å². The van der Waals surface area contributed by atoms with Crippen LogP contribution in [0.4, 0.5) is 5.00 Å². The number of rotatable bonds is 5. The van der Waals surface area contributed by atoms with Crippen molar-refractivity contribution in [2.45, 2.75) is 20.8 Å². The molecule has 0 bridgehead atoms. The molecule has 2 heterocycles. The fraction of sp³-hybridized carbons (Fsp3) is 0.267. The van der Waals surface area contributed by atoms with Crippen molar-refractivity contribution in [3.63, 3.8) is 0 Å². The Bertz CT molecular complexity index is 716. The van der Waals surface area contributed by atoms with Gasteiger partial charge >= 0.3 is 5.97 Å². The van der Waals surface area contributed by atoms with E-state index in [0.29, 0.717) is 16.5 Å². The van der Waals surface area contributed by atoms with E-state index in [-0.39, 0.29) is 11.9 Å². The van der Waals surface area contributed by atoms with Gasteiger partial charge in [0.25, 0.3) is 0 Å². The minimum Gasteiger partial charge on any atom is -0.462 e. The van der Waals surface area contributed by atoms with Gasteiger partial charge in [-0.3, -0.25) is 4.79 Å². The number of carbonyl (C=O) groups excluding carboxylic acids is 2. The van der Waals surface area contributed by atoms with Crippen molar-refractivity contribution < 1.29 is 14.3 Å². The van der Waals surface area contributed by atoms with Gasteiger partial charge in [0.2, 0.25) is 5.91 Å². The van der Waals surface area contributed by atoms with Crippen LogP contribution in [-0.2, 0) is 9.53 Å². The molecule has 0 aliphatic carbocycles. The van der Waals surface area contributed by atoms with E-state index in [1.54, 1.807) is 19.1 Å². The minimum absolute atomic E-state index is 0.262. The third kappa shape index (κ3) is 4.25. The highest BCUT2D eigenvalue weighted by atomic mass is 32.1. The summed E-state index contributed by atoms with van der Waals surface area (Å²) in [5, 5.41) is 6.19. The standard InChI is InChI=1S/C15H16N2O3S2/c1-4-20-15(19)14-9(2)7-13(22-14)17-12(18)6-5-11-8-21-10(3)16-11/h5-8H,4H2,1-3H3,(H,17,18)/b6-5+. The quantitative estimate of drug-likeness (QED) is 0.668. The van der Waals surface area contributed by atoms with E-state index in [2.05, 4.69) is 10.3 Å². The van der Waals surface area contributed by atoms with Crippen molar-refractivity contribution in [3.8, 4) is 0 Å². The number of thiophene rings is 1. The van der Waals surface area contributed by atoms with Crippen LogP contribution in [0.2, 0.25) is 0 Å². The lowest BCUT2D eigenvalue weighted by Gasteiger charge is -1.99. The van der Waals surface area contributed by atoms with Gasteiger partial charge in [-0.25, -0.2) is 9.78 Å². The molecule has 0 unspecified atom stereocenters. The summed E-state index contributed by atoms with van der Waals surface area (Å²) < 4.78 is 4.97. The molecular formula is C15H16N2O3S2. The molecule has 0 aliphatic rings. The second-order valence-electron chi connectivity index (χ2n) is 4.46. The highest BCUT2D eigenvalue weighted by Gasteiger charge is 2.15. The Morgan fingerprint density at radius 1 is 1.41 bits per heavy atom. The van der Waals surface area contributed by atoms with Gasteiger partial charge in [-0.1, -0.05) is 0 Å². The first kappa shape index (κ1) is 16.4. The van der Waals surface area contributed by atoms with Crippen LogP contribution in [0.1, 0.15) is 32.9 Å². The Morgan fingerprint density at radius 2 is 2.18 bits per heavy atom. The lowest BCUT2D eigenvalue weighted by atomic mass is 10.3. The number of aryl methyl sites for hydroxylation is 2. The molecule has 0 aliphatic heterocycles. The van der Waals surface area contributed by atoms with Gasteiger partial charge in [0.1, 0.15) is 4.88 Å². The fourth-order valence-electron chi connectivity index (χ4n) is 1.72. The maximum Gasteiger partial charge on any atom is 0.348 e. The summed E-state index contributed by atoms with van der Waals surface area (Å²) in [6.45, 7) is 5.81. The molecule has 2 aromatic rings. The largest absolute Gasteiger partial charge is 0.462 e. The van der Waals surface area contributed by atoms with Gasteiger partial charge in [0, 0.05) is 11.5 Å². The van der Waals surface area contributed by atoms with Crippen molar-refractivity contribution in [2.75, 3.05) is 11.9 Å². The maximum atomic E-state index is 11.9. The molecule has 1 amide bonds. The molecule has 0 atom stereocenters. The van der Waals surface area contributed by atoms with Crippen LogP contribution in [0.15, 0.2) is 17.5 Å². The number of aromatic nitrogens is 1. The molecule has 5 nitrogen and oxygen atoms in total. The zero-order valence-corrected chi connectivity index (χ0v) is 14.1. The maximum absolute atomic E-state index is 11.9. The molecule has 0 saturated heterocycles. The van der Waals surface area contributed by atoms with Crippen molar-refractivity contribution in [3.05, 3.63) is 38.7 Å². The molecule has 0 spiro atoms. The smallest absolute Gasteiger partial charge is 0.348 e. The number of hydrogen-bond donors (Lipinski definition) is 1. The third-order valence-corrected chi connectivity index (χ3v) is 4.59. The fourth-order valence-corrected chi connectivity index (χ4v) is 3.27. The summed E-state index contributed by atoms with van der Waals surface area (Å²) in [6.07, 6.45) is 3.08. The molecule has 116 valence electrons. The van der Waals surface area contributed by atoms with Crippen LogP contribution in [0.3, 0.4) is 0 Å². The Balaban J connectivity index is 2.01. The molecule has 0 fully saturated rings. The second kappa shape index (κ2) is 7.33. The Hall–Kier alpha value is -1.99. The van der Waals surface area contributed by atoms with E-state index >= 15 is 0 Å². The predicted octanol–water partition coefficient (Wildman–Crippen LogP) is 3.65. The monoisotopic (exact) mass is 336 g/mol. The summed E-state index contributed by atoms with van der Waals surface area (Å²) in [5.74, 6) is -0.624. The topological polar surface area (TPSA) is 68.3 Å². The first-order chi connectivity index (χ1) is 10.5. The molecule has 1 N–H and O–H groups in total. The first-order valence-electron chi connectivity index (χ1n) is 6.68. The van der Waals surface area contributed by atoms with E-state index in [1.807, 2.05) is 19.2 Å². The lowest BCUT2D eigenvalue weighted by Crippen LogP contribution is -2.06. The summed E-state index contributed by atoms with van der Waals surface area (Å²) in [5.41, 5.74) is 1.55. The number of carbonyl (C=O) groups is 2. The minimum atomic E-state index is -0.362. The molecular weight excluding hydrogens is 320 g/mol. The number of anilines is 1. The molecule has 0 aromatic carbocycles. The highest BCUT2D eigenvalue weighted by molar-refractivity contribution is 7.18. The summed E-state index contributed by atoms with van der Waals surface area (Å²) in [6, 6.07) is 1.76. The predicted molar refractivity (Wildman–Crippen MR) is 89.5 cm³/mol. The summed E-state index contributed by atoms with van der Waals surface area (Å²) in [4.78, 5) is 28.4. The van der Waals surface area contributed by atoms with E-state index < -0.39 is 0 Å². The van der Waals surface area contributed by atoms with Gasteiger partial charge < -0.3 is 10.1 Å². The van der Waals surface area contributed by atoms with Gasteiger partial charge in [-0.15, -0.1) is 22.7 Å². The van der Waals surface area contributed by atoms with Gasteiger partial charge in [-0.05, 0) is 38.5 Å². The number of nitrogens with one attached hydrogen (secondary N) is 1. The van der Waals surface area contributed by atoms with E-state index in [9.17, 15) is 9.59 Å². The van der Waals surface area contributed by atoms with Crippen molar-refractivity contribution in [2.24, 2.45) is 0 Å². The van der Waals surface area contributed by atoms with Crippen LogP contribution in [0, 0.1) is 13.8 Å². The molecule has 22 heavy (non-hydrogen) atoms. The molecule has 2 rings (SSSR count). The van der Waals surface area contributed by atoms with Gasteiger partial charge in [-0.2, -0.15) is 0 Å². The Kier molecular flexibility index (Phi) is 5.46. The zero-order chi connectivity index (χ0) is 16.1. The number of nitrogens with zero attached hydrogens (tertiary/aromatic N) is 1. The SMILES string of the molecule is CCOC(=O)c1sc(NC(=O)/C=C/c2csc(C)n2)cc1C. The van der Waals surface area contributed by atoms with Crippen LogP contribution < -0.4 is 5.32 Å². The van der Waals surface area contributed by atoms with Crippen LogP contribution in [0.5, 0.6) is 0 Å². The van der Waals surface area contributed by atoms with E-state index in [4.69, 9.17) is 4.74 Å². The summed E-state index contributed by atoms with van der Waals surface area (Å²) >= 11 is 2.74. The third-order valence-electron chi connectivity index (χ3n) is 2.67. The number of hydrogen-bond acceptors (Lipinski definition) is 6. The lowest BCUT2D eigenvalue weighted by molar-refractivity contribution is -0.111. The number of amides is 1. The molecule has 7 heteroatoms. The summed E-state index contributed by atoms with van der Waals surface area (Å²) in [7, 11) is 0. The Morgan fingerprint density at radius 3 is 2.82 bits per heavy atom. The zero-order valence-electron chi connectivity index (χ0n) is 12.5. The van der Waals surface area contributed by atoms with Crippen molar-refractivity contribution in [1.29, 1.82) is 0 Å². The first-order valence-corrected chi connectivity index (χ1v) is 8.38. The highest BCUT2D eigenvalue weighted by Crippen LogP contribution is 2.27. The number of esters is 1. The van der Waals surface area contributed by atoms with Gasteiger partial charge in [0.05, 0.1) is 22.3 Å². The Labute approximate surface area is 136 Å². The normalized spacial score (nSPS) is 10.9. The van der Waals surface area contributed by atoms with Crippen LogP contribution >= 0.6 is 22.7 Å². The molecule has 0 radical (unpaired) electrons. The van der Waals surface area contributed by atoms with E-state index in [0.717, 1.165) is 16.3 Å². The van der Waals surface area contributed by atoms with Crippen molar-refractivity contribution >= 4 is 45.6 Å². The van der Waals surface area contributed by atoms with E-state index in [1.165, 1.54) is 28.7 Å². The second-order valence-corrected chi connectivity index (χ2v) is 6.57. The average Bonchev–Trinajstić information content (AvgIpc) is 3.03. The number of thiazole rings is 1. The van der Waals surface area contributed by atoms with Crippen LogP contribution in [-0.4, -0.2) is 23.5 Å². The average molecular weight is 336 g/mol. The van der Waals surface area contributed by atoms with Crippen LogP contribution in [0.25, 0.3) is 6.08 Å². The molecule has 2 aromatic heterocycles. The molecule has 0 saturated carbocycles. The van der Waals surface area contributed by atoms with Gasteiger partial charge in [0.15, 0.2) is 0 Å².